The fourth-order valence-electron chi connectivity index (χ4n) is 0.813. The maximum absolute atomic E-state index is 8.59. The second kappa shape index (κ2) is 6.14. The van der Waals surface area contributed by atoms with E-state index in [1.807, 2.05) is 19.3 Å². The van der Waals surface area contributed by atoms with Crippen LogP contribution in [0, 0.1) is 0 Å². The zero-order valence-corrected chi connectivity index (χ0v) is 8.16. The molecule has 4 N–H and O–H groups in total. The molecular weight excluding hydrogens is 168 g/mol. The largest absolute Gasteiger partial charge is 0.495 e. The monoisotopic (exact) mass is 184 g/mol. The number of methoxy groups -OCH3 is 1. The van der Waals surface area contributed by atoms with Gasteiger partial charge in [-0.1, -0.05) is 13.8 Å². The molecule has 0 saturated carbocycles. The van der Waals surface area contributed by atoms with E-state index in [-0.39, 0.29) is 0 Å². The van der Waals surface area contributed by atoms with Crippen molar-refractivity contribution in [2.75, 3.05) is 18.3 Å². The first kappa shape index (κ1) is 11.6. The van der Waals surface area contributed by atoms with E-state index >= 15 is 0 Å². The van der Waals surface area contributed by atoms with E-state index in [1.54, 1.807) is 18.2 Å². The van der Waals surface area contributed by atoms with Crippen molar-refractivity contribution in [1.82, 2.24) is 0 Å². The Kier molecular flexibility index (Phi) is 5.47. The highest BCUT2D eigenvalue weighted by Crippen LogP contribution is 2.25. The molecule has 0 atom stereocenters. The third kappa shape index (κ3) is 3.21. The van der Waals surface area contributed by atoms with Crippen LogP contribution >= 0.6 is 0 Å². The molecule has 0 radical (unpaired) electrons. The molecule has 0 amide bonds. The van der Waals surface area contributed by atoms with Crippen LogP contribution in [0.2, 0.25) is 0 Å². The smallest absolute Gasteiger partial charge is 0.144 e. The number of hydrogen-bond donors (Lipinski definition) is 3. The Labute approximate surface area is 78.3 Å². The van der Waals surface area contributed by atoms with E-state index in [0.717, 1.165) is 0 Å². The summed E-state index contributed by atoms with van der Waals surface area (Å²) >= 11 is 0. The molecule has 0 spiro atoms. The molecule has 1 rings (SSSR count). The molecule has 74 valence electrons. The minimum Gasteiger partial charge on any atom is -0.495 e. The Hall–Kier alpha value is -1.42. The van der Waals surface area contributed by atoms with Crippen LogP contribution in [0.4, 0.5) is 11.4 Å². The predicted molar refractivity (Wildman–Crippen MR) is 54.2 cm³/mol. The highest BCUT2D eigenvalue weighted by Gasteiger charge is 1.99. The summed E-state index contributed by atoms with van der Waals surface area (Å²) in [5.41, 5.74) is 8.47. The first-order valence-corrected chi connectivity index (χ1v) is 4.11. The van der Waals surface area contributed by atoms with Crippen LogP contribution < -0.4 is 16.0 Å². The number of nitrogens with one attached hydrogen (secondary N) is 1. The summed E-state index contributed by atoms with van der Waals surface area (Å²) in [7, 11) is 1.52. The maximum Gasteiger partial charge on any atom is 0.144 e. The van der Waals surface area contributed by atoms with Gasteiger partial charge in [0.05, 0.1) is 7.11 Å². The number of nitrogen functional groups attached to an aromatic ring is 1. The van der Waals surface area contributed by atoms with Gasteiger partial charge in [-0.05, 0) is 18.2 Å². The first-order valence-electron chi connectivity index (χ1n) is 4.11. The van der Waals surface area contributed by atoms with Gasteiger partial charge in [0.2, 0.25) is 0 Å². The predicted octanol–water partition coefficient (Wildman–Crippen LogP) is 2.10. The maximum atomic E-state index is 8.59. The molecule has 1 aromatic rings. The third-order valence-corrected chi connectivity index (χ3v) is 1.34. The van der Waals surface area contributed by atoms with E-state index in [4.69, 9.17) is 15.7 Å². The molecule has 0 aliphatic heterocycles. The lowest BCUT2D eigenvalue weighted by Gasteiger charge is -2.06. The zero-order chi connectivity index (χ0) is 10.3. The van der Waals surface area contributed by atoms with E-state index in [9.17, 15) is 0 Å². The quantitative estimate of drug-likeness (QED) is 0.486. The molecule has 0 aromatic heterocycles. The molecule has 0 saturated heterocycles. The van der Waals surface area contributed by atoms with Crippen molar-refractivity contribution in [3.05, 3.63) is 18.2 Å². The van der Waals surface area contributed by atoms with Crippen LogP contribution in [0.15, 0.2) is 18.2 Å². The lowest BCUT2D eigenvalue weighted by molar-refractivity contribution is 0.373. The van der Waals surface area contributed by atoms with Gasteiger partial charge in [0.1, 0.15) is 11.4 Å². The summed E-state index contributed by atoms with van der Waals surface area (Å²) in [5, 5.41) is 8.59. The van der Waals surface area contributed by atoms with Crippen molar-refractivity contribution in [2.24, 2.45) is 0 Å². The third-order valence-electron chi connectivity index (χ3n) is 1.34. The molecule has 0 aliphatic rings. The van der Waals surface area contributed by atoms with Gasteiger partial charge in [-0.25, -0.2) is 0 Å². The fourth-order valence-corrected chi connectivity index (χ4v) is 0.813. The van der Waals surface area contributed by atoms with Crippen molar-refractivity contribution in [3.63, 3.8) is 0 Å². The number of hydrogen-bond acceptors (Lipinski definition) is 4. The summed E-state index contributed by atoms with van der Waals surface area (Å²) in [4.78, 5) is 0. The molecule has 0 unspecified atom stereocenters. The Balaban J connectivity index is 0.000000671. The lowest BCUT2D eigenvalue weighted by atomic mass is 10.2. The highest BCUT2D eigenvalue weighted by molar-refractivity contribution is 5.62. The normalized spacial score (nSPS) is 8.31. The van der Waals surface area contributed by atoms with Crippen LogP contribution in [0.1, 0.15) is 13.8 Å². The molecule has 13 heavy (non-hydrogen) atoms. The topological polar surface area (TPSA) is 67.5 Å². The van der Waals surface area contributed by atoms with Gasteiger partial charge < -0.3 is 10.5 Å². The Morgan fingerprint density at radius 1 is 1.38 bits per heavy atom. The van der Waals surface area contributed by atoms with Crippen molar-refractivity contribution in [3.8, 4) is 5.75 Å². The first-order chi connectivity index (χ1) is 6.27. The molecule has 0 fully saturated rings. The average Bonchev–Trinajstić information content (AvgIpc) is 2.20. The van der Waals surface area contributed by atoms with Crippen molar-refractivity contribution in [1.29, 1.82) is 0 Å². The summed E-state index contributed by atoms with van der Waals surface area (Å²) in [6.07, 6.45) is 0. The number of anilines is 2. The van der Waals surface area contributed by atoms with Crippen LogP contribution in [0.25, 0.3) is 0 Å². The molecule has 4 heteroatoms. The number of rotatable bonds is 2. The Morgan fingerprint density at radius 3 is 2.46 bits per heavy atom. The summed E-state index contributed by atoms with van der Waals surface area (Å²) in [6.45, 7) is 4.00. The summed E-state index contributed by atoms with van der Waals surface area (Å²) in [5.74, 6) is 0.557. The van der Waals surface area contributed by atoms with Crippen molar-refractivity contribution in [2.45, 2.75) is 13.8 Å². The number of nitrogens with two attached hydrogens (primary N) is 1. The molecular formula is C9H16N2O2. The molecule has 1 aromatic carbocycles. The van der Waals surface area contributed by atoms with E-state index < -0.39 is 0 Å². The van der Waals surface area contributed by atoms with Crippen LogP contribution in [-0.4, -0.2) is 12.3 Å². The lowest BCUT2D eigenvalue weighted by Crippen LogP contribution is -1.95. The molecule has 0 bridgehead atoms. The van der Waals surface area contributed by atoms with Gasteiger partial charge in [-0.15, -0.1) is 0 Å². The highest BCUT2D eigenvalue weighted by atomic mass is 16.5. The minimum absolute atomic E-state index is 0.465. The Bertz CT molecular complexity index is 251. The fraction of sp³-hybridized carbons (Fsp3) is 0.333. The number of benzene rings is 1. The second-order valence-electron chi connectivity index (χ2n) is 2.07. The van der Waals surface area contributed by atoms with Gasteiger partial charge in [-0.3, -0.25) is 10.7 Å². The standard InChI is InChI=1S/C7H10N2O2.C2H6/c1-11-7-3-2-5(8)4-6(7)9-10;1-2/h2-4,9-10H,8H2,1H3;1-2H3. The van der Waals surface area contributed by atoms with Gasteiger partial charge >= 0.3 is 0 Å². The molecule has 4 nitrogen and oxygen atoms in total. The minimum atomic E-state index is 0.465. The van der Waals surface area contributed by atoms with Gasteiger partial charge in [0.25, 0.3) is 0 Å². The van der Waals surface area contributed by atoms with Crippen molar-refractivity contribution >= 4 is 11.4 Å². The van der Waals surface area contributed by atoms with Gasteiger partial charge in [0, 0.05) is 5.69 Å². The van der Waals surface area contributed by atoms with E-state index in [1.165, 1.54) is 7.11 Å². The summed E-state index contributed by atoms with van der Waals surface area (Å²) in [6, 6.07) is 4.95. The van der Waals surface area contributed by atoms with Gasteiger partial charge in [0.15, 0.2) is 0 Å². The molecule has 0 heterocycles. The van der Waals surface area contributed by atoms with Crippen LogP contribution in [-0.2, 0) is 0 Å². The molecule has 0 aliphatic carbocycles. The van der Waals surface area contributed by atoms with Crippen LogP contribution in [0.5, 0.6) is 5.75 Å². The Morgan fingerprint density at radius 2 is 2.00 bits per heavy atom. The zero-order valence-electron chi connectivity index (χ0n) is 8.16. The summed E-state index contributed by atoms with van der Waals surface area (Å²) < 4.78 is 4.91. The van der Waals surface area contributed by atoms with Crippen LogP contribution in [0.3, 0.4) is 0 Å². The van der Waals surface area contributed by atoms with Crippen molar-refractivity contribution < 1.29 is 9.94 Å². The number of ether oxygens (including phenoxy) is 1. The SMILES string of the molecule is CC.COc1ccc(N)cc1NO. The van der Waals surface area contributed by atoms with E-state index in [0.29, 0.717) is 17.1 Å². The second-order valence-corrected chi connectivity index (χ2v) is 2.07. The average molecular weight is 184 g/mol. The van der Waals surface area contributed by atoms with E-state index in [2.05, 4.69) is 0 Å². The van der Waals surface area contributed by atoms with Gasteiger partial charge in [-0.2, -0.15) is 0 Å².